The quantitative estimate of drug-likeness (QED) is 0.524. The third-order valence-corrected chi connectivity index (χ3v) is 11.0. The molecule has 0 spiro atoms. The Morgan fingerprint density at radius 3 is 2.44 bits per heavy atom. The van der Waals surface area contributed by atoms with Gasteiger partial charge in [-0.1, -0.05) is 27.7 Å². The van der Waals surface area contributed by atoms with Gasteiger partial charge in [0.05, 0.1) is 12.7 Å². The molecule has 0 bridgehead atoms. The molecule has 0 heterocycles. The molecule has 0 aromatic heterocycles. The highest BCUT2D eigenvalue weighted by molar-refractivity contribution is 5.86. The highest BCUT2D eigenvalue weighted by Crippen LogP contribution is 2.68. The predicted octanol–water partition coefficient (Wildman–Crippen LogP) is 5.80. The largest absolute Gasteiger partial charge is 0.466 e. The van der Waals surface area contributed by atoms with Gasteiger partial charge in [-0.15, -0.1) is 0 Å². The van der Waals surface area contributed by atoms with Gasteiger partial charge in [0, 0.05) is 18.3 Å². The van der Waals surface area contributed by atoms with Crippen LogP contribution in [0.25, 0.3) is 0 Å². The summed E-state index contributed by atoms with van der Waals surface area (Å²) in [7, 11) is 0. The molecule has 1 N–H and O–H groups in total. The number of aliphatic hydroxyl groups is 1. The lowest BCUT2D eigenvalue weighted by molar-refractivity contribution is -0.173. The molecule has 0 saturated heterocycles. The maximum Gasteiger partial charge on any atom is 0.305 e. The van der Waals surface area contributed by atoms with Crippen molar-refractivity contribution in [3.05, 3.63) is 0 Å². The monoisotopic (exact) mass is 446 g/mol. The molecule has 4 aliphatic rings. The molecule has 4 rings (SSSR count). The molecule has 3 unspecified atom stereocenters. The Bertz CT molecular complexity index is 718. The SMILES string of the molecule is CCOC(=O)CC[C@@H](C)[C@H]1CCC2C3C(=O)[C@H](CC)[C@@H]4C[C@H](O)CC[C@]4(C)C3CC[C@@]21C. The van der Waals surface area contributed by atoms with Gasteiger partial charge < -0.3 is 9.84 Å². The Morgan fingerprint density at radius 1 is 1.06 bits per heavy atom. The first-order valence-corrected chi connectivity index (χ1v) is 13.5. The van der Waals surface area contributed by atoms with Crippen molar-refractivity contribution in [1.29, 1.82) is 0 Å². The smallest absolute Gasteiger partial charge is 0.305 e. The zero-order valence-corrected chi connectivity index (χ0v) is 21.1. The fourth-order valence-corrected chi connectivity index (χ4v) is 9.39. The average molecular weight is 447 g/mol. The van der Waals surface area contributed by atoms with Crippen molar-refractivity contribution >= 4 is 11.8 Å². The van der Waals surface area contributed by atoms with Gasteiger partial charge in [0.15, 0.2) is 0 Å². The van der Waals surface area contributed by atoms with Crippen LogP contribution in [0.15, 0.2) is 0 Å². The number of fused-ring (bicyclic) bond motifs is 5. The second-order valence-corrected chi connectivity index (χ2v) is 12.2. The lowest BCUT2D eigenvalue weighted by Crippen LogP contribution is -2.60. The summed E-state index contributed by atoms with van der Waals surface area (Å²) in [5, 5.41) is 10.4. The summed E-state index contributed by atoms with van der Waals surface area (Å²) < 4.78 is 5.16. The molecule has 32 heavy (non-hydrogen) atoms. The van der Waals surface area contributed by atoms with E-state index in [1.807, 2.05) is 6.92 Å². The van der Waals surface area contributed by atoms with Gasteiger partial charge in [0.2, 0.25) is 0 Å². The molecule has 0 aromatic carbocycles. The summed E-state index contributed by atoms with van der Waals surface area (Å²) in [5.74, 6) is 3.20. The number of aliphatic hydroxyl groups excluding tert-OH is 1. The van der Waals surface area contributed by atoms with Crippen molar-refractivity contribution in [3.8, 4) is 0 Å². The minimum absolute atomic E-state index is 0.0746. The zero-order chi connectivity index (χ0) is 23.3. The van der Waals surface area contributed by atoms with Gasteiger partial charge in [-0.2, -0.15) is 0 Å². The highest BCUT2D eigenvalue weighted by Gasteiger charge is 2.65. The molecule has 182 valence electrons. The molecule has 10 atom stereocenters. The molecule has 4 saturated carbocycles. The van der Waals surface area contributed by atoms with Crippen LogP contribution in [-0.2, 0) is 14.3 Å². The zero-order valence-electron chi connectivity index (χ0n) is 21.1. The average Bonchev–Trinajstić information content (AvgIpc) is 3.11. The molecule has 0 amide bonds. The van der Waals surface area contributed by atoms with Crippen molar-refractivity contribution in [2.75, 3.05) is 6.61 Å². The van der Waals surface area contributed by atoms with Crippen LogP contribution in [0.4, 0.5) is 0 Å². The summed E-state index contributed by atoms with van der Waals surface area (Å²) in [5.41, 5.74) is 0.411. The predicted molar refractivity (Wildman–Crippen MR) is 126 cm³/mol. The van der Waals surface area contributed by atoms with Crippen molar-refractivity contribution in [2.24, 2.45) is 52.3 Å². The third kappa shape index (κ3) is 3.77. The molecular formula is C28H46O4. The summed E-state index contributed by atoms with van der Waals surface area (Å²) in [6, 6.07) is 0. The van der Waals surface area contributed by atoms with E-state index < -0.39 is 0 Å². The molecular weight excluding hydrogens is 400 g/mol. The third-order valence-electron chi connectivity index (χ3n) is 11.0. The van der Waals surface area contributed by atoms with Crippen molar-refractivity contribution in [1.82, 2.24) is 0 Å². The van der Waals surface area contributed by atoms with Crippen LogP contribution in [0, 0.1) is 52.3 Å². The Kier molecular flexibility index (Phi) is 6.85. The van der Waals surface area contributed by atoms with Crippen LogP contribution in [0.2, 0.25) is 0 Å². The number of esters is 1. The summed E-state index contributed by atoms with van der Waals surface area (Å²) in [6.07, 6.45) is 9.61. The van der Waals surface area contributed by atoms with Crippen LogP contribution >= 0.6 is 0 Å². The van der Waals surface area contributed by atoms with Gasteiger partial charge >= 0.3 is 5.97 Å². The second kappa shape index (κ2) is 9.04. The maximum absolute atomic E-state index is 14.0. The summed E-state index contributed by atoms with van der Waals surface area (Å²) >= 11 is 0. The first kappa shape index (κ1) is 24.2. The molecule has 0 aromatic rings. The molecule has 0 radical (unpaired) electrons. The van der Waals surface area contributed by atoms with Crippen LogP contribution in [0.1, 0.15) is 98.8 Å². The lowest BCUT2D eigenvalue weighted by atomic mass is 9.42. The van der Waals surface area contributed by atoms with E-state index in [1.54, 1.807) is 0 Å². The first-order chi connectivity index (χ1) is 15.2. The topological polar surface area (TPSA) is 63.6 Å². The summed E-state index contributed by atoms with van der Waals surface area (Å²) in [6.45, 7) is 11.8. The van der Waals surface area contributed by atoms with E-state index >= 15 is 0 Å². The molecule has 4 aliphatic carbocycles. The standard InChI is InChI=1S/C28H46O4/c1-6-19-23-16-18(29)12-14-28(23,5)22-13-15-27(4)20(9-10-21(27)25(22)26(19)31)17(3)8-11-24(30)32-7-2/h17-23,25,29H,6-16H2,1-5H3/t17-,18-,19-,20-,21?,22?,23+,25?,27-,28-/m1/s1. The fourth-order valence-electron chi connectivity index (χ4n) is 9.39. The first-order valence-electron chi connectivity index (χ1n) is 13.5. The Morgan fingerprint density at radius 2 is 1.75 bits per heavy atom. The van der Waals surface area contributed by atoms with E-state index in [0.717, 1.165) is 44.9 Å². The number of hydrogen-bond acceptors (Lipinski definition) is 4. The van der Waals surface area contributed by atoms with Crippen molar-refractivity contribution in [3.63, 3.8) is 0 Å². The molecule has 4 fully saturated rings. The van der Waals surface area contributed by atoms with E-state index in [0.29, 0.717) is 48.4 Å². The van der Waals surface area contributed by atoms with Crippen LogP contribution in [0.3, 0.4) is 0 Å². The minimum Gasteiger partial charge on any atom is -0.466 e. The van der Waals surface area contributed by atoms with Crippen LogP contribution < -0.4 is 0 Å². The minimum atomic E-state index is -0.226. The Balaban J connectivity index is 1.56. The van der Waals surface area contributed by atoms with Gasteiger partial charge in [0.25, 0.3) is 0 Å². The number of rotatable bonds is 6. The second-order valence-electron chi connectivity index (χ2n) is 12.2. The maximum atomic E-state index is 14.0. The number of carbonyl (C=O) groups excluding carboxylic acids is 2. The number of ether oxygens (including phenoxy) is 1. The van der Waals surface area contributed by atoms with Gasteiger partial charge in [-0.3, -0.25) is 9.59 Å². The van der Waals surface area contributed by atoms with Gasteiger partial charge in [-0.05, 0) is 105 Å². The van der Waals surface area contributed by atoms with Crippen LogP contribution in [0.5, 0.6) is 0 Å². The van der Waals surface area contributed by atoms with E-state index in [4.69, 9.17) is 4.74 Å². The van der Waals surface area contributed by atoms with E-state index in [2.05, 4.69) is 27.7 Å². The van der Waals surface area contributed by atoms with Crippen molar-refractivity contribution in [2.45, 2.75) is 105 Å². The molecule has 4 nitrogen and oxygen atoms in total. The normalized spacial score (nSPS) is 46.7. The summed E-state index contributed by atoms with van der Waals surface area (Å²) in [4.78, 5) is 25.9. The Hall–Kier alpha value is -0.900. The van der Waals surface area contributed by atoms with E-state index in [9.17, 15) is 14.7 Å². The van der Waals surface area contributed by atoms with Crippen LogP contribution in [-0.4, -0.2) is 29.6 Å². The number of ketones is 1. The lowest BCUT2D eigenvalue weighted by Gasteiger charge is -2.62. The van der Waals surface area contributed by atoms with Gasteiger partial charge in [-0.25, -0.2) is 0 Å². The number of hydrogen-bond donors (Lipinski definition) is 1. The number of carbonyl (C=O) groups is 2. The van der Waals surface area contributed by atoms with E-state index in [-0.39, 0.29) is 34.7 Å². The fraction of sp³-hybridized carbons (Fsp3) is 0.929. The molecule has 4 heteroatoms. The molecule has 0 aliphatic heterocycles. The number of Topliss-reactive ketones (excluding diaryl/α,β-unsaturated/α-hetero) is 1. The highest BCUT2D eigenvalue weighted by atomic mass is 16.5. The van der Waals surface area contributed by atoms with Gasteiger partial charge in [0.1, 0.15) is 5.78 Å². The van der Waals surface area contributed by atoms with Crippen molar-refractivity contribution < 1.29 is 19.4 Å². The Labute approximate surface area is 195 Å². The van der Waals surface area contributed by atoms with E-state index in [1.165, 1.54) is 12.8 Å².